The number of nitrogens with one attached hydrogen (secondary N) is 2. The molecule has 0 aromatic rings. The molecule has 0 radical (unpaired) electrons. The SMILES string of the molecule is COCCCNC(=O)NCC(C)N1CCOCC1. The van der Waals surface area contributed by atoms with Crippen molar-refractivity contribution in [2.45, 2.75) is 19.4 Å². The van der Waals surface area contributed by atoms with Gasteiger partial charge in [-0.25, -0.2) is 4.79 Å². The van der Waals surface area contributed by atoms with Crippen LogP contribution < -0.4 is 10.6 Å². The number of nitrogens with zero attached hydrogens (tertiary/aromatic N) is 1. The molecule has 0 aromatic carbocycles. The first-order valence-corrected chi connectivity index (χ1v) is 6.56. The van der Waals surface area contributed by atoms with Gasteiger partial charge in [-0.2, -0.15) is 0 Å². The molecule has 1 atom stereocenters. The fourth-order valence-corrected chi connectivity index (χ4v) is 1.87. The first kappa shape index (κ1) is 15.2. The van der Waals surface area contributed by atoms with E-state index in [1.54, 1.807) is 7.11 Å². The Morgan fingerprint density at radius 2 is 2.11 bits per heavy atom. The number of morpholine rings is 1. The molecule has 0 spiro atoms. The number of urea groups is 1. The Kier molecular flexibility index (Phi) is 7.71. The summed E-state index contributed by atoms with van der Waals surface area (Å²) in [6, 6.07) is 0.241. The summed E-state index contributed by atoms with van der Waals surface area (Å²) in [6.45, 7) is 7.56. The van der Waals surface area contributed by atoms with Crippen LogP contribution in [-0.2, 0) is 9.47 Å². The van der Waals surface area contributed by atoms with Crippen LogP contribution in [0.5, 0.6) is 0 Å². The normalized spacial score (nSPS) is 18.3. The van der Waals surface area contributed by atoms with Crippen molar-refractivity contribution in [3.63, 3.8) is 0 Å². The highest BCUT2D eigenvalue weighted by Crippen LogP contribution is 2.02. The van der Waals surface area contributed by atoms with Crippen LogP contribution in [0, 0.1) is 0 Å². The molecule has 18 heavy (non-hydrogen) atoms. The van der Waals surface area contributed by atoms with Crippen molar-refractivity contribution in [1.29, 1.82) is 0 Å². The summed E-state index contributed by atoms with van der Waals surface area (Å²) in [6.07, 6.45) is 0.836. The van der Waals surface area contributed by atoms with E-state index in [2.05, 4.69) is 22.5 Å². The largest absolute Gasteiger partial charge is 0.385 e. The molecule has 2 amide bonds. The Morgan fingerprint density at radius 3 is 2.78 bits per heavy atom. The zero-order valence-corrected chi connectivity index (χ0v) is 11.4. The van der Waals surface area contributed by atoms with Crippen molar-refractivity contribution in [2.75, 3.05) is 53.1 Å². The molecule has 1 rings (SSSR count). The van der Waals surface area contributed by atoms with Gasteiger partial charge in [-0.3, -0.25) is 4.90 Å². The number of methoxy groups -OCH3 is 1. The van der Waals surface area contributed by atoms with Crippen molar-refractivity contribution in [2.24, 2.45) is 0 Å². The average molecular weight is 259 g/mol. The molecule has 6 nitrogen and oxygen atoms in total. The van der Waals surface area contributed by atoms with E-state index in [0.717, 1.165) is 32.7 Å². The minimum Gasteiger partial charge on any atom is -0.385 e. The second-order valence-corrected chi connectivity index (χ2v) is 4.48. The van der Waals surface area contributed by atoms with Crippen LogP contribution in [0.1, 0.15) is 13.3 Å². The first-order valence-electron chi connectivity index (χ1n) is 6.56. The third-order valence-corrected chi connectivity index (χ3v) is 3.04. The fraction of sp³-hybridized carbons (Fsp3) is 0.917. The minimum atomic E-state index is -0.105. The number of ether oxygens (including phenoxy) is 2. The molecule has 6 heteroatoms. The molecule has 2 N–H and O–H groups in total. The zero-order valence-electron chi connectivity index (χ0n) is 11.4. The molecule has 0 aliphatic carbocycles. The minimum absolute atomic E-state index is 0.105. The number of hydrogen-bond acceptors (Lipinski definition) is 4. The maximum atomic E-state index is 11.5. The molecule has 0 aromatic heterocycles. The van der Waals surface area contributed by atoms with Gasteiger partial charge in [-0.15, -0.1) is 0 Å². The predicted octanol–water partition coefficient (Wildman–Crippen LogP) is 0.0428. The average Bonchev–Trinajstić information content (AvgIpc) is 2.42. The van der Waals surface area contributed by atoms with Gasteiger partial charge in [0.2, 0.25) is 0 Å². The van der Waals surface area contributed by atoms with Gasteiger partial charge in [0.1, 0.15) is 0 Å². The number of amides is 2. The van der Waals surface area contributed by atoms with Crippen LogP contribution in [0.25, 0.3) is 0 Å². The van der Waals surface area contributed by atoms with Crippen molar-refractivity contribution in [3.05, 3.63) is 0 Å². The highest BCUT2D eigenvalue weighted by Gasteiger charge is 2.17. The lowest BCUT2D eigenvalue weighted by Crippen LogP contribution is -2.49. The van der Waals surface area contributed by atoms with E-state index in [4.69, 9.17) is 9.47 Å². The summed E-state index contributed by atoms with van der Waals surface area (Å²) < 4.78 is 10.2. The van der Waals surface area contributed by atoms with Gasteiger partial charge < -0.3 is 20.1 Å². The predicted molar refractivity (Wildman–Crippen MR) is 69.7 cm³/mol. The van der Waals surface area contributed by atoms with Gasteiger partial charge in [0, 0.05) is 45.9 Å². The number of carbonyl (C=O) groups excluding carboxylic acids is 1. The van der Waals surface area contributed by atoms with Crippen molar-refractivity contribution < 1.29 is 14.3 Å². The smallest absolute Gasteiger partial charge is 0.314 e. The van der Waals surface area contributed by atoms with Crippen LogP contribution in [0.3, 0.4) is 0 Å². The Balaban J connectivity index is 2.05. The molecule has 1 unspecified atom stereocenters. The summed E-state index contributed by atoms with van der Waals surface area (Å²) >= 11 is 0. The van der Waals surface area contributed by atoms with Crippen LogP contribution in [0.2, 0.25) is 0 Å². The van der Waals surface area contributed by atoms with E-state index in [-0.39, 0.29) is 6.03 Å². The van der Waals surface area contributed by atoms with Crippen molar-refractivity contribution in [3.8, 4) is 0 Å². The summed E-state index contributed by atoms with van der Waals surface area (Å²) in [5, 5.41) is 5.69. The van der Waals surface area contributed by atoms with Crippen LogP contribution in [-0.4, -0.2) is 70.1 Å². The second kappa shape index (κ2) is 9.13. The van der Waals surface area contributed by atoms with Gasteiger partial charge in [0.15, 0.2) is 0 Å². The highest BCUT2D eigenvalue weighted by atomic mass is 16.5. The van der Waals surface area contributed by atoms with Gasteiger partial charge in [-0.1, -0.05) is 0 Å². The molecule has 1 saturated heterocycles. The second-order valence-electron chi connectivity index (χ2n) is 4.48. The third-order valence-electron chi connectivity index (χ3n) is 3.04. The quantitative estimate of drug-likeness (QED) is 0.634. The maximum Gasteiger partial charge on any atom is 0.314 e. The number of hydrogen-bond donors (Lipinski definition) is 2. The molecule has 1 aliphatic rings. The molecular weight excluding hydrogens is 234 g/mol. The van der Waals surface area contributed by atoms with Crippen LogP contribution >= 0.6 is 0 Å². The monoisotopic (exact) mass is 259 g/mol. The van der Waals surface area contributed by atoms with E-state index < -0.39 is 0 Å². The standard InChI is InChI=1S/C12H25N3O3/c1-11(15-5-8-18-9-6-15)10-14-12(16)13-4-3-7-17-2/h11H,3-10H2,1-2H3,(H2,13,14,16). The summed E-state index contributed by atoms with van der Waals surface area (Å²) in [4.78, 5) is 13.8. The summed E-state index contributed by atoms with van der Waals surface area (Å²) in [5.74, 6) is 0. The molecule has 0 saturated carbocycles. The first-order chi connectivity index (χ1) is 8.74. The lowest BCUT2D eigenvalue weighted by Gasteiger charge is -2.32. The molecule has 1 heterocycles. The molecule has 0 bridgehead atoms. The van der Waals surface area contributed by atoms with E-state index in [9.17, 15) is 4.79 Å². The lowest BCUT2D eigenvalue weighted by molar-refractivity contribution is 0.0209. The van der Waals surface area contributed by atoms with Crippen LogP contribution in [0.15, 0.2) is 0 Å². The summed E-state index contributed by atoms with van der Waals surface area (Å²) in [7, 11) is 1.66. The Labute approximate surface area is 109 Å². The maximum absolute atomic E-state index is 11.5. The van der Waals surface area contributed by atoms with Gasteiger partial charge in [0.05, 0.1) is 13.2 Å². The third kappa shape index (κ3) is 6.18. The highest BCUT2D eigenvalue weighted by molar-refractivity contribution is 5.73. The number of rotatable bonds is 7. The Hall–Kier alpha value is -0.850. The molecular formula is C12H25N3O3. The van der Waals surface area contributed by atoms with Crippen LogP contribution in [0.4, 0.5) is 4.79 Å². The van der Waals surface area contributed by atoms with Gasteiger partial charge in [-0.05, 0) is 13.3 Å². The Morgan fingerprint density at radius 1 is 1.39 bits per heavy atom. The topological polar surface area (TPSA) is 62.8 Å². The van der Waals surface area contributed by atoms with E-state index >= 15 is 0 Å². The van der Waals surface area contributed by atoms with E-state index in [0.29, 0.717) is 25.7 Å². The summed E-state index contributed by atoms with van der Waals surface area (Å²) in [5.41, 5.74) is 0. The lowest BCUT2D eigenvalue weighted by atomic mass is 10.2. The molecule has 106 valence electrons. The zero-order chi connectivity index (χ0) is 13.2. The molecule has 1 fully saturated rings. The van der Waals surface area contributed by atoms with Gasteiger partial charge >= 0.3 is 6.03 Å². The van der Waals surface area contributed by atoms with Gasteiger partial charge in [0.25, 0.3) is 0 Å². The van der Waals surface area contributed by atoms with Crippen molar-refractivity contribution in [1.82, 2.24) is 15.5 Å². The fourth-order valence-electron chi connectivity index (χ4n) is 1.87. The van der Waals surface area contributed by atoms with E-state index in [1.165, 1.54) is 0 Å². The number of carbonyl (C=O) groups is 1. The van der Waals surface area contributed by atoms with E-state index in [1.807, 2.05) is 0 Å². The molecule has 1 aliphatic heterocycles. The van der Waals surface area contributed by atoms with Crippen molar-refractivity contribution >= 4 is 6.03 Å². The Bertz CT molecular complexity index is 233.